The smallest absolute Gasteiger partial charge is 0.259 e. The molecule has 1 aliphatic carbocycles. The van der Waals surface area contributed by atoms with E-state index in [1.165, 1.54) is 29.4 Å². The van der Waals surface area contributed by atoms with Crippen molar-refractivity contribution in [1.82, 2.24) is 20.0 Å². The van der Waals surface area contributed by atoms with E-state index in [1.54, 1.807) is 23.0 Å². The number of benzene rings is 2. The van der Waals surface area contributed by atoms with Gasteiger partial charge in [0.2, 0.25) is 5.88 Å². The standard InChI is InChI=1S/C24H21N5O2/c1-3-21-20(14-25-29(21)22-10-11-23(31-2)28-27-22)24(30)26-17-8-9-19-16(13-17)12-15-6-4-5-7-18(15)19/h4-11,13-14H,3,12H2,1-2H3,(H,26,30). The Hall–Kier alpha value is -4.00. The summed E-state index contributed by atoms with van der Waals surface area (Å²) in [5.74, 6) is 0.762. The number of nitrogens with zero attached hydrogens (tertiary/aromatic N) is 4. The molecule has 0 aliphatic heterocycles. The summed E-state index contributed by atoms with van der Waals surface area (Å²) < 4.78 is 6.70. The summed E-state index contributed by atoms with van der Waals surface area (Å²) in [4.78, 5) is 13.0. The van der Waals surface area contributed by atoms with E-state index in [9.17, 15) is 4.79 Å². The number of amides is 1. The van der Waals surface area contributed by atoms with Crippen molar-refractivity contribution < 1.29 is 9.53 Å². The van der Waals surface area contributed by atoms with Gasteiger partial charge >= 0.3 is 0 Å². The Kier molecular flexibility index (Phi) is 4.71. The zero-order valence-corrected chi connectivity index (χ0v) is 17.3. The van der Waals surface area contributed by atoms with Crippen molar-refractivity contribution in [3.63, 3.8) is 0 Å². The van der Waals surface area contributed by atoms with Crippen molar-refractivity contribution in [2.24, 2.45) is 0 Å². The van der Waals surface area contributed by atoms with Crippen LogP contribution in [0.2, 0.25) is 0 Å². The van der Waals surface area contributed by atoms with Crippen LogP contribution in [0.1, 0.15) is 34.1 Å². The minimum absolute atomic E-state index is 0.194. The first kappa shape index (κ1) is 19.0. The van der Waals surface area contributed by atoms with Crippen molar-refractivity contribution in [2.75, 3.05) is 12.4 Å². The zero-order chi connectivity index (χ0) is 21.4. The topological polar surface area (TPSA) is 81.9 Å². The van der Waals surface area contributed by atoms with E-state index < -0.39 is 0 Å². The molecule has 1 amide bonds. The highest BCUT2D eigenvalue weighted by Crippen LogP contribution is 2.37. The first-order chi connectivity index (χ1) is 15.2. The fourth-order valence-electron chi connectivity index (χ4n) is 4.06. The third-order valence-corrected chi connectivity index (χ3v) is 5.55. The molecule has 7 heteroatoms. The number of aromatic nitrogens is 4. The second-order valence-electron chi connectivity index (χ2n) is 7.36. The summed E-state index contributed by atoms with van der Waals surface area (Å²) in [7, 11) is 1.54. The molecule has 0 spiro atoms. The Morgan fingerprint density at radius 2 is 1.90 bits per heavy atom. The van der Waals surface area contributed by atoms with E-state index in [4.69, 9.17) is 4.74 Å². The molecule has 2 aromatic carbocycles. The first-order valence-electron chi connectivity index (χ1n) is 10.2. The molecular formula is C24H21N5O2. The van der Waals surface area contributed by atoms with Gasteiger partial charge in [-0.2, -0.15) is 5.10 Å². The largest absolute Gasteiger partial charge is 0.480 e. The van der Waals surface area contributed by atoms with Crippen molar-refractivity contribution >= 4 is 11.6 Å². The highest BCUT2D eigenvalue weighted by molar-refractivity contribution is 6.05. The van der Waals surface area contributed by atoms with Crippen molar-refractivity contribution in [2.45, 2.75) is 19.8 Å². The SMILES string of the molecule is CCc1c(C(=O)Nc2ccc3c(c2)Cc2ccccc2-3)cnn1-c1ccc(OC)nn1. The number of hydrogen-bond acceptors (Lipinski definition) is 5. The van der Waals surface area contributed by atoms with Crippen LogP contribution < -0.4 is 10.1 Å². The Balaban J connectivity index is 1.40. The van der Waals surface area contributed by atoms with E-state index in [0.29, 0.717) is 23.7 Å². The summed E-state index contributed by atoms with van der Waals surface area (Å²) in [6.07, 6.45) is 3.07. The lowest BCUT2D eigenvalue weighted by Gasteiger charge is -2.09. The van der Waals surface area contributed by atoms with E-state index in [2.05, 4.69) is 57.0 Å². The molecule has 31 heavy (non-hydrogen) atoms. The Morgan fingerprint density at radius 3 is 2.68 bits per heavy atom. The van der Waals surface area contributed by atoms with Gasteiger partial charge in [0.15, 0.2) is 5.82 Å². The second-order valence-corrected chi connectivity index (χ2v) is 7.36. The number of rotatable bonds is 5. The number of ether oxygens (including phenoxy) is 1. The molecule has 0 atom stereocenters. The quantitative estimate of drug-likeness (QED) is 0.472. The number of nitrogens with one attached hydrogen (secondary N) is 1. The normalized spacial score (nSPS) is 11.7. The molecule has 4 aromatic rings. The highest BCUT2D eigenvalue weighted by atomic mass is 16.5. The maximum atomic E-state index is 13.0. The molecule has 2 heterocycles. The number of hydrogen-bond donors (Lipinski definition) is 1. The fourth-order valence-corrected chi connectivity index (χ4v) is 4.06. The van der Waals surface area contributed by atoms with E-state index in [0.717, 1.165) is 17.8 Å². The number of carbonyl (C=O) groups is 1. The molecule has 1 N–H and O–H groups in total. The molecule has 7 nitrogen and oxygen atoms in total. The van der Waals surface area contributed by atoms with Gasteiger partial charge < -0.3 is 10.1 Å². The lowest BCUT2D eigenvalue weighted by Crippen LogP contribution is -2.15. The van der Waals surface area contributed by atoms with Crippen LogP contribution in [-0.4, -0.2) is 33.0 Å². The zero-order valence-electron chi connectivity index (χ0n) is 17.3. The molecular weight excluding hydrogens is 390 g/mol. The van der Waals surface area contributed by atoms with Gasteiger partial charge in [-0.15, -0.1) is 10.2 Å². The second kappa shape index (κ2) is 7.68. The number of anilines is 1. The number of fused-ring (bicyclic) bond motifs is 3. The molecule has 0 radical (unpaired) electrons. The fraction of sp³-hybridized carbons (Fsp3) is 0.167. The number of carbonyl (C=O) groups excluding carboxylic acids is 1. The average molecular weight is 411 g/mol. The highest BCUT2D eigenvalue weighted by Gasteiger charge is 2.21. The molecule has 0 saturated heterocycles. The monoisotopic (exact) mass is 411 g/mol. The first-order valence-corrected chi connectivity index (χ1v) is 10.2. The van der Waals surface area contributed by atoms with Gasteiger partial charge in [-0.1, -0.05) is 37.3 Å². The van der Waals surface area contributed by atoms with Crippen LogP contribution in [0.15, 0.2) is 60.8 Å². The maximum Gasteiger partial charge on any atom is 0.259 e. The summed E-state index contributed by atoms with van der Waals surface area (Å²) in [6.45, 7) is 1.98. The molecule has 2 aromatic heterocycles. The predicted octanol–water partition coefficient (Wildman–Crippen LogP) is 4.06. The average Bonchev–Trinajstić information content (AvgIpc) is 3.40. The molecule has 0 fully saturated rings. The summed E-state index contributed by atoms with van der Waals surface area (Å²) >= 11 is 0. The molecule has 1 aliphatic rings. The minimum Gasteiger partial charge on any atom is -0.480 e. The van der Waals surface area contributed by atoms with Crippen LogP contribution in [0.4, 0.5) is 5.69 Å². The summed E-state index contributed by atoms with van der Waals surface area (Å²) in [6, 6.07) is 18.0. The molecule has 0 unspecified atom stereocenters. The molecule has 154 valence electrons. The lowest BCUT2D eigenvalue weighted by molar-refractivity contribution is 0.102. The van der Waals surface area contributed by atoms with Gasteiger partial charge in [0, 0.05) is 11.8 Å². The minimum atomic E-state index is -0.194. The van der Waals surface area contributed by atoms with E-state index in [-0.39, 0.29) is 5.91 Å². The van der Waals surface area contributed by atoms with Gasteiger partial charge in [0.1, 0.15) is 0 Å². The lowest BCUT2D eigenvalue weighted by atomic mass is 10.1. The van der Waals surface area contributed by atoms with Crippen LogP contribution >= 0.6 is 0 Å². The van der Waals surface area contributed by atoms with E-state index >= 15 is 0 Å². The third kappa shape index (κ3) is 3.34. The molecule has 0 bridgehead atoms. The Morgan fingerprint density at radius 1 is 1.06 bits per heavy atom. The molecule has 0 saturated carbocycles. The van der Waals surface area contributed by atoms with Crippen LogP contribution in [0.3, 0.4) is 0 Å². The van der Waals surface area contributed by atoms with Crippen molar-refractivity contribution in [3.05, 3.63) is 83.2 Å². The van der Waals surface area contributed by atoms with Gasteiger partial charge in [0.05, 0.1) is 24.6 Å². The molecule has 5 rings (SSSR count). The van der Waals surface area contributed by atoms with Crippen LogP contribution in [0.5, 0.6) is 5.88 Å². The Bertz CT molecular complexity index is 1280. The van der Waals surface area contributed by atoms with Gasteiger partial charge in [-0.05, 0) is 53.3 Å². The van der Waals surface area contributed by atoms with Gasteiger partial charge in [-0.25, -0.2) is 4.68 Å². The van der Waals surface area contributed by atoms with Gasteiger partial charge in [-0.3, -0.25) is 4.79 Å². The van der Waals surface area contributed by atoms with Gasteiger partial charge in [0.25, 0.3) is 5.91 Å². The van der Waals surface area contributed by atoms with Crippen LogP contribution in [-0.2, 0) is 12.8 Å². The Labute approximate surface area is 179 Å². The van der Waals surface area contributed by atoms with Crippen molar-refractivity contribution in [1.29, 1.82) is 0 Å². The number of methoxy groups -OCH3 is 1. The van der Waals surface area contributed by atoms with Crippen LogP contribution in [0.25, 0.3) is 16.9 Å². The predicted molar refractivity (Wildman–Crippen MR) is 118 cm³/mol. The third-order valence-electron chi connectivity index (χ3n) is 5.55. The summed E-state index contributed by atoms with van der Waals surface area (Å²) in [5.41, 5.74) is 7.10. The van der Waals surface area contributed by atoms with Crippen LogP contribution in [0, 0.1) is 0 Å². The summed E-state index contributed by atoms with van der Waals surface area (Å²) in [5, 5.41) is 15.5. The van der Waals surface area contributed by atoms with E-state index in [1.807, 2.05) is 13.0 Å². The van der Waals surface area contributed by atoms with Crippen molar-refractivity contribution in [3.8, 4) is 22.8 Å². The maximum absolute atomic E-state index is 13.0.